The zero-order chi connectivity index (χ0) is 23.8. The number of carbonyl (C=O) groups excluding carboxylic acids is 1. The molecule has 0 aliphatic heterocycles. The van der Waals surface area contributed by atoms with Gasteiger partial charge in [0.2, 0.25) is 15.9 Å². The molecule has 3 rings (SSSR count). The molecule has 33 heavy (non-hydrogen) atoms. The molecule has 0 bridgehead atoms. The minimum absolute atomic E-state index is 0.0225. The standard InChI is InChI=1S/C25H26F2N2O3S/c1-33(31,32)29(22-14-15-23(26)24(27)17-22)16-8-13-25(30)28(18-20-9-4-2-5-10-20)19-21-11-6-3-7-12-21/h2-7,9-12,14-15,17H,8,13,16,18-19H2,1H3. The Balaban J connectivity index is 1.70. The SMILES string of the molecule is CS(=O)(=O)N(CCCC(=O)N(Cc1ccccc1)Cc1ccccc1)c1ccc(F)c(F)c1. The molecule has 0 spiro atoms. The fourth-order valence-corrected chi connectivity index (χ4v) is 4.46. The molecule has 1 amide bonds. The number of amides is 1. The van der Waals surface area contributed by atoms with Crippen molar-refractivity contribution >= 4 is 21.6 Å². The molecule has 0 saturated carbocycles. The summed E-state index contributed by atoms with van der Waals surface area (Å²) in [5.41, 5.74) is 2.00. The molecule has 3 aromatic carbocycles. The van der Waals surface area contributed by atoms with Gasteiger partial charge in [0.05, 0.1) is 11.9 Å². The van der Waals surface area contributed by atoms with Crippen molar-refractivity contribution in [3.8, 4) is 0 Å². The zero-order valence-electron chi connectivity index (χ0n) is 18.3. The van der Waals surface area contributed by atoms with E-state index in [4.69, 9.17) is 0 Å². The highest BCUT2D eigenvalue weighted by Crippen LogP contribution is 2.21. The Hall–Kier alpha value is -3.26. The monoisotopic (exact) mass is 472 g/mol. The third-order valence-corrected chi connectivity index (χ3v) is 6.32. The van der Waals surface area contributed by atoms with Crippen LogP contribution in [-0.4, -0.2) is 32.0 Å². The molecule has 174 valence electrons. The normalized spacial score (nSPS) is 11.2. The van der Waals surface area contributed by atoms with E-state index in [-0.39, 0.29) is 31.0 Å². The van der Waals surface area contributed by atoms with Gasteiger partial charge in [0, 0.05) is 32.1 Å². The van der Waals surface area contributed by atoms with Gasteiger partial charge in [-0.1, -0.05) is 60.7 Å². The molecular weight excluding hydrogens is 446 g/mol. The maximum absolute atomic E-state index is 13.6. The molecule has 3 aromatic rings. The zero-order valence-corrected chi connectivity index (χ0v) is 19.1. The molecule has 0 aromatic heterocycles. The average Bonchev–Trinajstić information content (AvgIpc) is 2.79. The van der Waals surface area contributed by atoms with Crippen molar-refractivity contribution in [2.75, 3.05) is 17.1 Å². The Morgan fingerprint density at radius 1 is 0.818 bits per heavy atom. The van der Waals surface area contributed by atoms with Gasteiger partial charge in [0.25, 0.3) is 0 Å². The summed E-state index contributed by atoms with van der Waals surface area (Å²) in [6.07, 6.45) is 1.33. The summed E-state index contributed by atoms with van der Waals surface area (Å²) in [6.45, 7) is 0.821. The Bertz CT molecular complexity index is 1130. The Kier molecular flexibility index (Phi) is 8.16. The lowest BCUT2D eigenvalue weighted by atomic mass is 10.1. The van der Waals surface area contributed by atoms with Gasteiger partial charge in [-0.3, -0.25) is 9.10 Å². The van der Waals surface area contributed by atoms with Crippen LogP contribution in [0.1, 0.15) is 24.0 Å². The maximum atomic E-state index is 13.6. The molecule has 0 radical (unpaired) electrons. The third-order valence-electron chi connectivity index (χ3n) is 5.13. The summed E-state index contributed by atoms with van der Waals surface area (Å²) in [6, 6.07) is 22.2. The van der Waals surface area contributed by atoms with E-state index in [2.05, 4.69) is 0 Å². The highest BCUT2D eigenvalue weighted by Gasteiger charge is 2.21. The molecular formula is C25H26F2N2O3S. The summed E-state index contributed by atoms with van der Waals surface area (Å²) < 4.78 is 52.4. The number of anilines is 1. The van der Waals surface area contributed by atoms with Crippen LogP contribution in [0.15, 0.2) is 78.9 Å². The van der Waals surface area contributed by atoms with Gasteiger partial charge in [-0.25, -0.2) is 17.2 Å². The fourth-order valence-electron chi connectivity index (χ4n) is 3.50. The lowest BCUT2D eigenvalue weighted by Crippen LogP contribution is -2.33. The minimum Gasteiger partial charge on any atom is -0.334 e. The average molecular weight is 473 g/mol. The predicted octanol–water partition coefficient (Wildman–Crippen LogP) is 4.74. The Morgan fingerprint density at radius 3 is 1.85 bits per heavy atom. The van der Waals surface area contributed by atoms with Gasteiger partial charge < -0.3 is 4.90 Å². The number of hydrogen-bond acceptors (Lipinski definition) is 3. The Morgan fingerprint density at radius 2 is 1.36 bits per heavy atom. The van der Waals surface area contributed by atoms with E-state index in [1.165, 1.54) is 6.07 Å². The first-order chi connectivity index (χ1) is 15.7. The van der Waals surface area contributed by atoms with Gasteiger partial charge in [-0.05, 0) is 29.7 Å². The summed E-state index contributed by atoms with van der Waals surface area (Å²) in [4.78, 5) is 14.8. The van der Waals surface area contributed by atoms with Crippen LogP contribution in [0.2, 0.25) is 0 Å². The first-order valence-corrected chi connectivity index (χ1v) is 12.4. The molecule has 0 atom stereocenters. The van der Waals surface area contributed by atoms with Crippen molar-refractivity contribution in [2.24, 2.45) is 0 Å². The summed E-state index contributed by atoms with van der Waals surface area (Å²) in [5, 5.41) is 0. The van der Waals surface area contributed by atoms with Crippen molar-refractivity contribution in [1.82, 2.24) is 4.90 Å². The Labute approximate surface area is 193 Å². The van der Waals surface area contributed by atoms with Crippen LogP contribution < -0.4 is 4.31 Å². The van der Waals surface area contributed by atoms with Crippen LogP contribution in [0.25, 0.3) is 0 Å². The van der Waals surface area contributed by atoms with E-state index in [0.29, 0.717) is 13.1 Å². The van der Waals surface area contributed by atoms with Gasteiger partial charge >= 0.3 is 0 Å². The molecule has 0 unspecified atom stereocenters. The van der Waals surface area contributed by atoms with Gasteiger partial charge in [-0.2, -0.15) is 0 Å². The maximum Gasteiger partial charge on any atom is 0.232 e. The lowest BCUT2D eigenvalue weighted by Gasteiger charge is -2.25. The quantitative estimate of drug-likeness (QED) is 0.428. The highest BCUT2D eigenvalue weighted by atomic mass is 32.2. The number of rotatable bonds is 10. The van der Waals surface area contributed by atoms with E-state index in [0.717, 1.165) is 33.8 Å². The van der Waals surface area contributed by atoms with Crippen LogP contribution in [0.4, 0.5) is 14.5 Å². The largest absolute Gasteiger partial charge is 0.334 e. The predicted molar refractivity (Wildman–Crippen MR) is 125 cm³/mol. The van der Waals surface area contributed by atoms with Gasteiger partial charge in [0.15, 0.2) is 11.6 Å². The summed E-state index contributed by atoms with van der Waals surface area (Å²) >= 11 is 0. The van der Waals surface area contributed by atoms with Gasteiger partial charge in [-0.15, -0.1) is 0 Å². The fraction of sp³-hybridized carbons (Fsp3) is 0.240. The molecule has 8 heteroatoms. The molecule has 0 aliphatic carbocycles. The summed E-state index contributed by atoms with van der Waals surface area (Å²) in [7, 11) is -3.74. The van der Waals surface area contributed by atoms with Crippen LogP contribution >= 0.6 is 0 Å². The van der Waals surface area contributed by atoms with E-state index in [1.54, 1.807) is 4.90 Å². The second-order valence-corrected chi connectivity index (χ2v) is 9.66. The first kappa shape index (κ1) is 24.4. The first-order valence-electron chi connectivity index (χ1n) is 10.5. The van der Waals surface area contributed by atoms with Crippen LogP contribution in [0.5, 0.6) is 0 Å². The highest BCUT2D eigenvalue weighted by molar-refractivity contribution is 7.92. The second-order valence-electron chi connectivity index (χ2n) is 7.76. The van der Waals surface area contributed by atoms with Gasteiger partial charge in [0.1, 0.15) is 0 Å². The molecule has 0 saturated heterocycles. The third kappa shape index (κ3) is 7.12. The lowest BCUT2D eigenvalue weighted by molar-refractivity contribution is -0.132. The molecule has 0 aliphatic rings. The van der Waals surface area contributed by atoms with E-state index in [1.807, 2.05) is 60.7 Å². The number of sulfonamides is 1. The minimum atomic E-state index is -3.74. The van der Waals surface area contributed by atoms with Crippen LogP contribution in [-0.2, 0) is 27.9 Å². The number of nitrogens with zero attached hydrogens (tertiary/aromatic N) is 2. The topological polar surface area (TPSA) is 57.7 Å². The molecule has 0 fully saturated rings. The van der Waals surface area contributed by atoms with Crippen molar-refractivity contribution in [3.63, 3.8) is 0 Å². The molecule has 5 nitrogen and oxygen atoms in total. The number of hydrogen-bond donors (Lipinski definition) is 0. The second kappa shape index (κ2) is 11.0. The number of benzene rings is 3. The summed E-state index contributed by atoms with van der Waals surface area (Å²) in [5.74, 6) is -2.31. The number of halogens is 2. The van der Waals surface area contributed by atoms with Crippen LogP contribution in [0, 0.1) is 11.6 Å². The van der Waals surface area contributed by atoms with Crippen molar-refractivity contribution < 1.29 is 22.0 Å². The van der Waals surface area contributed by atoms with E-state index >= 15 is 0 Å². The molecule has 0 heterocycles. The number of carbonyl (C=O) groups is 1. The van der Waals surface area contributed by atoms with E-state index < -0.39 is 21.7 Å². The smallest absolute Gasteiger partial charge is 0.232 e. The molecule has 0 N–H and O–H groups in total. The van der Waals surface area contributed by atoms with E-state index in [9.17, 15) is 22.0 Å². The van der Waals surface area contributed by atoms with Crippen molar-refractivity contribution in [2.45, 2.75) is 25.9 Å². The van der Waals surface area contributed by atoms with Crippen LogP contribution in [0.3, 0.4) is 0 Å². The van der Waals surface area contributed by atoms with Crippen molar-refractivity contribution in [3.05, 3.63) is 102 Å². The van der Waals surface area contributed by atoms with Crippen molar-refractivity contribution in [1.29, 1.82) is 0 Å².